The Morgan fingerprint density at radius 3 is 2.40 bits per heavy atom. The molecule has 1 aromatic carbocycles. The van der Waals surface area contributed by atoms with Crippen LogP contribution < -0.4 is 0 Å². The van der Waals surface area contributed by atoms with Crippen molar-refractivity contribution in [1.82, 2.24) is 4.90 Å². The standard InChI is InChI=1S/C14H19N/c1-3-7-12(8-4-1)13-11-14(13)15-9-5-2-6-10-15/h1,3-4,7-8,13-14H,2,5-6,9-11H2/t13-,14+/m0/s1. The number of likely N-dealkylation sites (tertiary alicyclic amines) is 1. The zero-order valence-electron chi connectivity index (χ0n) is 9.23. The van der Waals surface area contributed by atoms with Crippen LogP contribution in [0.3, 0.4) is 0 Å². The molecule has 1 saturated carbocycles. The molecule has 1 heterocycles. The maximum absolute atomic E-state index is 2.71. The Morgan fingerprint density at radius 1 is 0.933 bits per heavy atom. The molecular weight excluding hydrogens is 182 g/mol. The van der Waals surface area contributed by atoms with Crippen molar-refractivity contribution in [2.24, 2.45) is 0 Å². The predicted octanol–water partition coefficient (Wildman–Crippen LogP) is 3.03. The van der Waals surface area contributed by atoms with Crippen LogP contribution >= 0.6 is 0 Å². The van der Waals surface area contributed by atoms with Gasteiger partial charge in [0.1, 0.15) is 0 Å². The molecule has 15 heavy (non-hydrogen) atoms. The molecule has 0 radical (unpaired) electrons. The van der Waals surface area contributed by atoms with Crippen LogP contribution in [-0.2, 0) is 0 Å². The summed E-state index contributed by atoms with van der Waals surface area (Å²) in [5.74, 6) is 0.837. The first-order valence-corrected chi connectivity index (χ1v) is 6.24. The Kier molecular flexibility index (Phi) is 2.49. The van der Waals surface area contributed by atoms with Crippen LogP contribution in [0.15, 0.2) is 30.3 Å². The summed E-state index contributed by atoms with van der Waals surface area (Å²) in [6, 6.07) is 11.9. The molecule has 1 aliphatic carbocycles. The van der Waals surface area contributed by atoms with E-state index >= 15 is 0 Å². The van der Waals surface area contributed by atoms with Crippen molar-refractivity contribution in [3.63, 3.8) is 0 Å². The van der Waals surface area contributed by atoms with Gasteiger partial charge in [-0.3, -0.25) is 4.90 Å². The molecule has 3 rings (SSSR count). The molecule has 1 nitrogen and oxygen atoms in total. The minimum Gasteiger partial charge on any atom is -0.300 e. The van der Waals surface area contributed by atoms with E-state index in [0.717, 1.165) is 12.0 Å². The Bertz CT molecular complexity index is 313. The molecule has 2 atom stereocenters. The van der Waals surface area contributed by atoms with Gasteiger partial charge in [-0.2, -0.15) is 0 Å². The van der Waals surface area contributed by atoms with Crippen molar-refractivity contribution in [2.45, 2.75) is 37.6 Å². The van der Waals surface area contributed by atoms with Crippen LogP contribution in [-0.4, -0.2) is 24.0 Å². The number of piperidine rings is 1. The van der Waals surface area contributed by atoms with Crippen LogP contribution in [0, 0.1) is 0 Å². The average Bonchev–Trinajstić information content (AvgIpc) is 3.11. The van der Waals surface area contributed by atoms with E-state index in [9.17, 15) is 0 Å². The third-order valence-corrected chi connectivity index (χ3v) is 3.84. The maximum atomic E-state index is 2.71. The normalized spacial score (nSPS) is 31.5. The highest BCUT2D eigenvalue weighted by molar-refractivity contribution is 5.27. The predicted molar refractivity (Wildman–Crippen MR) is 63.0 cm³/mol. The Morgan fingerprint density at radius 2 is 1.67 bits per heavy atom. The van der Waals surface area contributed by atoms with Gasteiger partial charge in [0, 0.05) is 12.0 Å². The maximum Gasteiger partial charge on any atom is 0.0171 e. The van der Waals surface area contributed by atoms with E-state index in [1.807, 2.05) is 0 Å². The van der Waals surface area contributed by atoms with Gasteiger partial charge < -0.3 is 0 Å². The fourth-order valence-electron chi connectivity index (χ4n) is 2.89. The number of hydrogen-bond acceptors (Lipinski definition) is 1. The lowest BCUT2D eigenvalue weighted by Crippen LogP contribution is -2.32. The second kappa shape index (κ2) is 3.97. The molecule has 1 heteroatoms. The summed E-state index contributed by atoms with van der Waals surface area (Å²) in [7, 11) is 0. The molecule has 1 saturated heterocycles. The average molecular weight is 201 g/mol. The highest BCUT2D eigenvalue weighted by Crippen LogP contribution is 2.45. The van der Waals surface area contributed by atoms with Gasteiger partial charge in [0.15, 0.2) is 0 Å². The van der Waals surface area contributed by atoms with Crippen molar-refractivity contribution >= 4 is 0 Å². The summed E-state index contributed by atoms with van der Waals surface area (Å²) in [5, 5.41) is 0. The molecule has 80 valence electrons. The van der Waals surface area contributed by atoms with Gasteiger partial charge in [-0.1, -0.05) is 36.8 Å². The van der Waals surface area contributed by atoms with Gasteiger partial charge in [0.2, 0.25) is 0 Å². The Hall–Kier alpha value is -0.820. The van der Waals surface area contributed by atoms with E-state index in [1.54, 1.807) is 5.56 Å². The second-order valence-corrected chi connectivity index (χ2v) is 4.92. The van der Waals surface area contributed by atoms with Gasteiger partial charge in [-0.05, 0) is 37.9 Å². The molecule has 0 N–H and O–H groups in total. The molecule has 2 fully saturated rings. The van der Waals surface area contributed by atoms with Gasteiger partial charge in [-0.15, -0.1) is 0 Å². The first-order valence-electron chi connectivity index (χ1n) is 6.24. The van der Waals surface area contributed by atoms with Crippen molar-refractivity contribution in [2.75, 3.05) is 13.1 Å². The first-order chi connectivity index (χ1) is 7.45. The summed E-state index contributed by atoms with van der Waals surface area (Å²) in [5.41, 5.74) is 1.55. The Labute approximate surface area is 92.1 Å². The topological polar surface area (TPSA) is 3.24 Å². The van der Waals surface area contributed by atoms with Gasteiger partial charge >= 0.3 is 0 Å². The summed E-state index contributed by atoms with van der Waals surface area (Å²) >= 11 is 0. The lowest BCUT2D eigenvalue weighted by molar-refractivity contribution is 0.216. The van der Waals surface area contributed by atoms with Crippen molar-refractivity contribution in [3.8, 4) is 0 Å². The lowest BCUT2D eigenvalue weighted by Gasteiger charge is -2.26. The monoisotopic (exact) mass is 201 g/mol. The smallest absolute Gasteiger partial charge is 0.0171 e. The molecule has 0 unspecified atom stereocenters. The second-order valence-electron chi connectivity index (χ2n) is 4.92. The number of benzene rings is 1. The summed E-state index contributed by atoms with van der Waals surface area (Å²) < 4.78 is 0. The molecule has 0 aromatic heterocycles. The van der Waals surface area contributed by atoms with E-state index in [-0.39, 0.29) is 0 Å². The van der Waals surface area contributed by atoms with Crippen LogP contribution in [0.5, 0.6) is 0 Å². The molecule has 0 spiro atoms. The molecular formula is C14H19N. The highest BCUT2D eigenvalue weighted by Gasteiger charge is 2.42. The lowest BCUT2D eigenvalue weighted by atomic mass is 10.1. The van der Waals surface area contributed by atoms with E-state index in [2.05, 4.69) is 35.2 Å². The fraction of sp³-hybridized carbons (Fsp3) is 0.571. The third kappa shape index (κ3) is 1.93. The SMILES string of the molecule is c1ccc([C@@H]2C[C@H]2N2CCCCC2)cc1. The van der Waals surface area contributed by atoms with E-state index < -0.39 is 0 Å². The van der Waals surface area contributed by atoms with E-state index in [4.69, 9.17) is 0 Å². The molecule has 0 amide bonds. The minimum atomic E-state index is 0.837. The molecule has 1 aromatic rings. The molecule has 2 aliphatic rings. The van der Waals surface area contributed by atoms with Gasteiger partial charge in [0.05, 0.1) is 0 Å². The zero-order valence-corrected chi connectivity index (χ0v) is 9.23. The number of rotatable bonds is 2. The third-order valence-electron chi connectivity index (χ3n) is 3.84. The fourth-order valence-corrected chi connectivity index (χ4v) is 2.89. The number of hydrogen-bond donors (Lipinski definition) is 0. The van der Waals surface area contributed by atoms with Crippen LogP contribution in [0.2, 0.25) is 0 Å². The summed E-state index contributed by atoms with van der Waals surface area (Å²) in [4.78, 5) is 2.71. The van der Waals surface area contributed by atoms with Crippen molar-refractivity contribution in [3.05, 3.63) is 35.9 Å². The quantitative estimate of drug-likeness (QED) is 0.711. The van der Waals surface area contributed by atoms with Crippen LogP contribution in [0.4, 0.5) is 0 Å². The van der Waals surface area contributed by atoms with Gasteiger partial charge in [0.25, 0.3) is 0 Å². The van der Waals surface area contributed by atoms with Crippen LogP contribution in [0.25, 0.3) is 0 Å². The summed E-state index contributed by atoms with van der Waals surface area (Å²) in [6.45, 7) is 2.68. The van der Waals surface area contributed by atoms with Gasteiger partial charge in [-0.25, -0.2) is 0 Å². The van der Waals surface area contributed by atoms with Crippen molar-refractivity contribution < 1.29 is 0 Å². The molecule has 1 aliphatic heterocycles. The number of nitrogens with zero attached hydrogens (tertiary/aromatic N) is 1. The van der Waals surface area contributed by atoms with E-state index in [0.29, 0.717) is 0 Å². The minimum absolute atomic E-state index is 0.837. The molecule has 0 bridgehead atoms. The summed E-state index contributed by atoms with van der Waals surface area (Å²) in [6.07, 6.45) is 5.67. The highest BCUT2D eigenvalue weighted by atomic mass is 15.2. The van der Waals surface area contributed by atoms with E-state index in [1.165, 1.54) is 38.8 Å². The largest absolute Gasteiger partial charge is 0.300 e. The zero-order chi connectivity index (χ0) is 10.1. The van der Waals surface area contributed by atoms with Crippen molar-refractivity contribution in [1.29, 1.82) is 0 Å². The first kappa shape index (κ1) is 9.41. The van der Waals surface area contributed by atoms with Crippen LogP contribution in [0.1, 0.15) is 37.2 Å². The Balaban J connectivity index is 1.64.